The number of amidine groups is 1. The summed E-state index contributed by atoms with van der Waals surface area (Å²) in [5.74, 6) is -0.588. The smallest absolute Gasteiger partial charge is 0.170 e. The normalized spacial score (nSPS) is 11.8. The molecular weight excluding hydrogens is 259 g/mol. The third-order valence-electron chi connectivity index (χ3n) is 3.14. The van der Waals surface area contributed by atoms with Gasteiger partial charge in [-0.1, -0.05) is 19.0 Å². The molecule has 0 aliphatic rings. The fourth-order valence-corrected chi connectivity index (χ4v) is 2.00. The highest BCUT2D eigenvalue weighted by Gasteiger charge is 2.13. The lowest BCUT2D eigenvalue weighted by Crippen LogP contribution is -2.14. The number of benzene rings is 1. The fourth-order valence-electron chi connectivity index (χ4n) is 2.00. The van der Waals surface area contributed by atoms with Crippen molar-refractivity contribution in [2.24, 2.45) is 10.9 Å². The zero-order valence-corrected chi connectivity index (χ0v) is 11.5. The van der Waals surface area contributed by atoms with Gasteiger partial charge in [0.2, 0.25) is 0 Å². The molecule has 0 bridgehead atoms. The Morgan fingerprint density at radius 1 is 1.35 bits per heavy atom. The number of hydrogen-bond donors (Lipinski definition) is 2. The summed E-state index contributed by atoms with van der Waals surface area (Å²) >= 11 is 0. The van der Waals surface area contributed by atoms with Crippen LogP contribution in [0.15, 0.2) is 29.4 Å². The number of hydrogen-bond acceptors (Lipinski definition) is 3. The van der Waals surface area contributed by atoms with Crippen LogP contribution in [0.3, 0.4) is 0 Å². The Morgan fingerprint density at radius 3 is 2.65 bits per heavy atom. The first-order chi connectivity index (χ1) is 9.60. The minimum atomic E-state index is -0.463. The van der Waals surface area contributed by atoms with Crippen LogP contribution in [0.5, 0.6) is 0 Å². The summed E-state index contributed by atoms with van der Waals surface area (Å²) in [6.45, 7) is 4.00. The lowest BCUT2D eigenvalue weighted by Gasteiger charge is -2.08. The highest BCUT2D eigenvalue weighted by atomic mass is 19.1. The van der Waals surface area contributed by atoms with Crippen LogP contribution >= 0.6 is 0 Å². The van der Waals surface area contributed by atoms with E-state index < -0.39 is 5.82 Å². The lowest BCUT2D eigenvalue weighted by atomic mass is 10.1. The second kappa shape index (κ2) is 5.73. The maximum absolute atomic E-state index is 14.2. The summed E-state index contributed by atoms with van der Waals surface area (Å²) in [4.78, 5) is 0. The molecule has 1 aromatic carbocycles. The molecule has 0 spiro atoms. The number of nitrogens with zero attached hydrogens (tertiary/aromatic N) is 3. The monoisotopic (exact) mass is 276 g/mol. The molecule has 106 valence electrons. The molecule has 0 saturated carbocycles. The van der Waals surface area contributed by atoms with Crippen LogP contribution in [-0.4, -0.2) is 20.8 Å². The van der Waals surface area contributed by atoms with Gasteiger partial charge in [0.1, 0.15) is 11.5 Å². The fraction of sp³-hybridized carbons (Fsp3) is 0.286. The van der Waals surface area contributed by atoms with Crippen molar-refractivity contribution in [2.75, 3.05) is 0 Å². The Bertz CT molecular complexity index is 649. The minimum absolute atomic E-state index is 0.124. The zero-order chi connectivity index (χ0) is 14.7. The van der Waals surface area contributed by atoms with Crippen molar-refractivity contribution >= 4 is 5.84 Å². The molecule has 20 heavy (non-hydrogen) atoms. The van der Waals surface area contributed by atoms with Gasteiger partial charge in [-0.3, -0.25) is 0 Å². The van der Waals surface area contributed by atoms with E-state index >= 15 is 0 Å². The van der Waals surface area contributed by atoms with E-state index in [4.69, 9.17) is 10.9 Å². The standard InChI is InChI=1S/C14H17FN4O/c1-3-10-8-11(4-2)19(17-10)13-6-5-9(7-12(13)15)14(16)18-20/h5-8,20H,3-4H2,1-2H3,(H2,16,18). The Kier molecular flexibility index (Phi) is 4.02. The van der Waals surface area contributed by atoms with Gasteiger partial charge in [0.25, 0.3) is 0 Å². The SMILES string of the molecule is CCc1cc(CC)n(-c2ccc(/C(N)=N/O)cc2F)n1. The van der Waals surface area contributed by atoms with E-state index in [0.717, 1.165) is 24.2 Å². The molecule has 1 aromatic heterocycles. The first-order valence-electron chi connectivity index (χ1n) is 6.46. The van der Waals surface area contributed by atoms with Crippen LogP contribution in [0.1, 0.15) is 30.8 Å². The quantitative estimate of drug-likeness (QED) is 0.389. The summed E-state index contributed by atoms with van der Waals surface area (Å²) in [5, 5.41) is 15.9. The summed E-state index contributed by atoms with van der Waals surface area (Å²) in [7, 11) is 0. The Hall–Kier alpha value is -2.37. The van der Waals surface area contributed by atoms with Crippen molar-refractivity contribution in [1.82, 2.24) is 9.78 Å². The van der Waals surface area contributed by atoms with Crippen LogP contribution in [0.4, 0.5) is 4.39 Å². The molecule has 0 aliphatic heterocycles. The molecule has 0 fully saturated rings. The van der Waals surface area contributed by atoms with Gasteiger partial charge in [0.15, 0.2) is 5.84 Å². The average Bonchev–Trinajstić information content (AvgIpc) is 2.89. The summed E-state index contributed by atoms with van der Waals surface area (Å²) in [6.07, 6.45) is 1.55. The predicted octanol–water partition coefficient (Wildman–Crippen LogP) is 2.23. The zero-order valence-electron chi connectivity index (χ0n) is 11.5. The molecule has 5 nitrogen and oxygen atoms in total. The number of nitrogens with two attached hydrogens (primary N) is 1. The van der Waals surface area contributed by atoms with E-state index in [1.165, 1.54) is 6.07 Å². The second-order valence-corrected chi connectivity index (χ2v) is 4.40. The van der Waals surface area contributed by atoms with Gasteiger partial charge in [-0.2, -0.15) is 5.10 Å². The van der Waals surface area contributed by atoms with E-state index in [1.54, 1.807) is 16.8 Å². The maximum atomic E-state index is 14.2. The molecule has 1 heterocycles. The van der Waals surface area contributed by atoms with Gasteiger partial charge in [-0.25, -0.2) is 9.07 Å². The molecule has 3 N–H and O–H groups in total. The van der Waals surface area contributed by atoms with Gasteiger partial charge in [0.05, 0.1) is 5.69 Å². The largest absolute Gasteiger partial charge is 0.409 e. The van der Waals surface area contributed by atoms with Crippen molar-refractivity contribution in [3.05, 3.63) is 47.0 Å². The third kappa shape index (κ3) is 2.49. The molecule has 0 amide bonds. The lowest BCUT2D eigenvalue weighted by molar-refractivity contribution is 0.318. The summed E-state index contributed by atoms with van der Waals surface area (Å²) in [6, 6.07) is 6.38. The molecule has 0 atom stereocenters. The van der Waals surface area contributed by atoms with Crippen LogP contribution in [0, 0.1) is 5.82 Å². The highest BCUT2D eigenvalue weighted by molar-refractivity contribution is 5.97. The average molecular weight is 276 g/mol. The van der Waals surface area contributed by atoms with E-state index in [-0.39, 0.29) is 5.84 Å². The minimum Gasteiger partial charge on any atom is -0.409 e. The number of rotatable bonds is 4. The Labute approximate surface area is 116 Å². The topological polar surface area (TPSA) is 76.4 Å². The van der Waals surface area contributed by atoms with Gasteiger partial charge in [-0.15, -0.1) is 0 Å². The number of oxime groups is 1. The van der Waals surface area contributed by atoms with Crippen molar-refractivity contribution in [1.29, 1.82) is 0 Å². The maximum Gasteiger partial charge on any atom is 0.170 e. The molecule has 0 radical (unpaired) electrons. The van der Waals surface area contributed by atoms with E-state index in [9.17, 15) is 4.39 Å². The summed E-state index contributed by atoms with van der Waals surface area (Å²) < 4.78 is 15.8. The Morgan fingerprint density at radius 2 is 2.10 bits per heavy atom. The first kappa shape index (κ1) is 14.0. The molecule has 0 aliphatic carbocycles. The van der Waals surface area contributed by atoms with Gasteiger partial charge >= 0.3 is 0 Å². The van der Waals surface area contributed by atoms with Crippen molar-refractivity contribution < 1.29 is 9.60 Å². The van der Waals surface area contributed by atoms with Crippen molar-refractivity contribution in [3.63, 3.8) is 0 Å². The first-order valence-corrected chi connectivity index (χ1v) is 6.46. The Balaban J connectivity index is 2.51. The predicted molar refractivity (Wildman–Crippen MR) is 74.8 cm³/mol. The molecule has 2 rings (SSSR count). The molecule has 2 aromatic rings. The van der Waals surface area contributed by atoms with Crippen LogP contribution in [0.25, 0.3) is 5.69 Å². The molecule has 0 unspecified atom stereocenters. The second-order valence-electron chi connectivity index (χ2n) is 4.40. The highest BCUT2D eigenvalue weighted by Crippen LogP contribution is 2.18. The molecule has 0 saturated heterocycles. The van der Waals surface area contributed by atoms with Gasteiger partial charge in [0, 0.05) is 11.3 Å². The number of halogens is 1. The molecule has 6 heteroatoms. The number of aryl methyl sites for hydroxylation is 2. The van der Waals surface area contributed by atoms with Crippen LogP contribution in [0.2, 0.25) is 0 Å². The van der Waals surface area contributed by atoms with Gasteiger partial charge in [-0.05, 0) is 37.1 Å². The van der Waals surface area contributed by atoms with Crippen LogP contribution in [-0.2, 0) is 12.8 Å². The summed E-state index contributed by atoms with van der Waals surface area (Å²) in [5.41, 5.74) is 7.99. The molecular formula is C14H17FN4O. The third-order valence-corrected chi connectivity index (χ3v) is 3.14. The van der Waals surface area contributed by atoms with Crippen molar-refractivity contribution in [2.45, 2.75) is 26.7 Å². The van der Waals surface area contributed by atoms with Crippen LogP contribution < -0.4 is 5.73 Å². The number of aromatic nitrogens is 2. The van der Waals surface area contributed by atoms with Crippen molar-refractivity contribution in [3.8, 4) is 5.69 Å². The van der Waals surface area contributed by atoms with Gasteiger partial charge < -0.3 is 10.9 Å². The van der Waals surface area contributed by atoms with E-state index in [0.29, 0.717) is 11.3 Å². The van der Waals surface area contributed by atoms with E-state index in [1.807, 2.05) is 19.9 Å². The van der Waals surface area contributed by atoms with E-state index in [2.05, 4.69) is 10.3 Å².